The van der Waals surface area contributed by atoms with E-state index in [1.54, 1.807) is 24.1 Å². The highest BCUT2D eigenvalue weighted by atomic mass is 79.9. The van der Waals surface area contributed by atoms with Crippen LogP contribution >= 0.6 is 50.5 Å². The lowest BCUT2D eigenvalue weighted by Crippen LogP contribution is -2.25. The molecule has 100 valence electrons. The van der Waals surface area contributed by atoms with Crippen LogP contribution in [0.25, 0.3) is 0 Å². The Morgan fingerprint density at radius 3 is 2.42 bits per heavy atom. The summed E-state index contributed by atoms with van der Waals surface area (Å²) in [4.78, 5) is 14.5. The number of carbonyl (C=O) groups excluding carboxylic acids is 1. The molecule has 0 bridgehead atoms. The summed E-state index contributed by atoms with van der Waals surface area (Å²) < 4.78 is 0.940. The lowest BCUT2D eigenvalue weighted by Gasteiger charge is -2.16. The van der Waals surface area contributed by atoms with Crippen LogP contribution in [0.2, 0.25) is 10.0 Å². The summed E-state index contributed by atoms with van der Waals surface area (Å²) in [5.74, 6) is -0.0215. The summed E-state index contributed by atoms with van der Waals surface area (Å²) in [6, 6.07) is 8.95. The first-order valence-corrected chi connectivity index (χ1v) is 7.78. The summed E-state index contributed by atoms with van der Waals surface area (Å²) >= 11 is 16.6. The van der Waals surface area contributed by atoms with Crippen molar-refractivity contribution >= 4 is 56.4 Å². The maximum atomic E-state index is 12.2. The quantitative estimate of drug-likeness (QED) is 0.728. The predicted molar refractivity (Wildman–Crippen MR) is 84.3 cm³/mol. The molecule has 0 aliphatic carbocycles. The topological polar surface area (TPSA) is 20.3 Å². The number of benzene rings is 1. The smallest absolute Gasteiger partial charge is 0.264 e. The molecule has 0 atom stereocenters. The van der Waals surface area contributed by atoms with Gasteiger partial charge < -0.3 is 4.90 Å². The molecule has 0 N–H and O–H groups in total. The van der Waals surface area contributed by atoms with Crippen LogP contribution in [0.15, 0.2) is 34.1 Å². The third-order valence-corrected chi connectivity index (χ3v) is 4.52. The number of halogens is 3. The van der Waals surface area contributed by atoms with Gasteiger partial charge in [0.15, 0.2) is 0 Å². The van der Waals surface area contributed by atoms with E-state index in [-0.39, 0.29) is 5.91 Å². The summed E-state index contributed by atoms with van der Waals surface area (Å²) in [6.45, 7) is 0.467. The number of rotatable bonds is 3. The molecule has 1 heterocycles. The first-order chi connectivity index (χ1) is 8.95. The standard InChI is InChI=1S/C13H10BrCl2NOS/c1-17(13(18)11-2-3-12(14)19-11)7-8-4-9(15)6-10(16)5-8/h2-6H,7H2,1H3. The van der Waals surface area contributed by atoms with Gasteiger partial charge in [-0.2, -0.15) is 0 Å². The van der Waals surface area contributed by atoms with Crippen molar-refractivity contribution in [2.75, 3.05) is 7.05 Å². The number of hydrogen-bond donors (Lipinski definition) is 0. The molecule has 0 radical (unpaired) electrons. The summed E-state index contributed by atoms with van der Waals surface area (Å²) in [5, 5.41) is 1.14. The van der Waals surface area contributed by atoms with E-state index in [1.165, 1.54) is 11.3 Å². The van der Waals surface area contributed by atoms with Gasteiger partial charge in [0.25, 0.3) is 5.91 Å². The molecule has 2 aromatic rings. The normalized spacial score (nSPS) is 10.5. The van der Waals surface area contributed by atoms with Crippen LogP contribution in [-0.2, 0) is 6.54 Å². The van der Waals surface area contributed by atoms with Gasteiger partial charge in [0, 0.05) is 23.6 Å². The lowest BCUT2D eigenvalue weighted by atomic mass is 10.2. The first kappa shape index (κ1) is 14.9. The Hall–Kier alpha value is -0.550. The summed E-state index contributed by atoms with van der Waals surface area (Å²) in [6.07, 6.45) is 0. The van der Waals surface area contributed by atoms with Gasteiger partial charge >= 0.3 is 0 Å². The highest BCUT2D eigenvalue weighted by Gasteiger charge is 2.14. The monoisotopic (exact) mass is 377 g/mol. The van der Waals surface area contributed by atoms with E-state index in [4.69, 9.17) is 23.2 Å². The number of thiophene rings is 1. The Labute approximate surface area is 134 Å². The molecule has 1 amide bonds. The highest BCUT2D eigenvalue weighted by molar-refractivity contribution is 9.11. The zero-order chi connectivity index (χ0) is 14.0. The van der Waals surface area contributed by atoms with E-state index in [0.717, 1.165) is 9.35 Å². The van der Waals surface area contributed by atoms with Crippen molar-refractivity contribution in [2.24, 2.45) is 0 Å². The Morgan fingerprint density at radius 1 is 1.26 bits per heavy atom. The predicted octanol–water partition coefficient (Wildman–Crippen LogP) is 5.09. The van der Waals surface area contributed by atoms with Crippen LogP contribution in [0.3, 0.4) is 0 Å². The van der Waals surface area contributed by atoms with Crippen LogP contribution in [0.5, 0.6) is 0 Å². The number of nitrogens with zero attached hydrogens (tertiary/aromatic N) is 1. The Bertz CT molecular complexity index is 594. The average Bonchev–Trinajstić information content (AvgIpc) is 2.73. The van der Waals surface area contributed by atoms with Gasteiger partial charge in [-0.15, -0.1) is 11.3 Å². The second kappa shape index (κ2) is 6.27. The van der Waals surface area contributed by atoms with Gasteiger partial charge in [-0.3, -0.25) is 4.79 Å². The van der Waals surface area contributed by atoms with E-state index in [0.29, 0.717) is 21.5 Å². The molecule has 0 aliphatic heterocycles. The molecule has 2 nitrogen and oxygen atoms in total. The summed E-state index contributed by atoms with van der Waals surface area (Å²) in [7, 11) is 1.75. The molecule has 0 saturated heterocycles. The highest BCUT2D eigenvalue weighted by Crippen LogP contribution is 2.24. The molecule has 1 aromatic carbocycles. The Balaban J connectivity index is 2.12. The van der Waals surface area contributed by atoms with Gasteiger partial charge in [-0.05, 0) is 51.8 Å². The maximum absolute atomic E-state index is 12.2. The molecule has 6 heteroatoms. The van der Waals surface area contributed by atoms with Crippen LogP contribution in [0, 0.1) is 0 Å². The molecular weight excluding hydrogens is 369 g/mol. The number of hydrogen-bond acceptors (Lipinski definition) is 2. The van der Waals surface area contributed by atoms with E-state index >= 15 is 0 Å². The largest absolute Gasteiger partial charge is 0.337 e. The van der Waals surface area contributed by atoms with Crippen LogP contribution < -0.4 is 0 Å². The van der Waals surface area contributed by atoms with Crippen molar-refractivity contribution in [1.29, 1.82) is 0 Å². The van der Waals surface area contributed by atoms with Crippen LogP contribution in [0.1, 0.15) is 15.2 Å². The molecule has 0 spiro atoms. The van der Waals surface area contributed by atoms with Crippen molar-refractivity contribution in [3.63, 3.8) is 0 Å². The zero-order valence-corrected chi connectivity index (χ0v) is 13.9. The van der Waals surface area contributed by atoms with E-state index in [9.17, 15) is 4.79 Å². The van der Waals surface area contributed by atoms with E-state index < -0.39 is 0 Å². The third kappa shape index (κ3) is 3.96. The Morgan fingerprint density at radius 2 is 1.89 bits per heavy atom. The van der Waals surface area contributed by atoms with Gasteiger partial charge in [0.05, 0.1) is 8.66 Å². The van der Waals surface area contributed by atoms with Gasteiger partial charge in [-0.1, -0.05) is 23.2 Å². The van der Waals surface area contributed by atoms with Crippen molar-refractivity contribution in [2.45, 2.75) is 6.54 Å². The van der Waals surface area contributed by atoms with Crippen LogP contribution in [-0.4, -0.2) is 17.9 Å². The fourth-order valence-corrected chi connectivity index (χ4v) is 3.62. The van der Waals surface area contributed by atoms with Gasteiger partial charge in [0.1, 0.15) is 0 Å². The molecule has 2 rings (SSSR count). The van der Waals surface area contributed by atoms with Gasteiger partial charge in [-0.25, -0.2) is 0 Å². The zero-order valence-electron chi connectivity index (χ0n) is 9.99. The van der Waals surface area contributed by atoms with Crippen molar-refractivity contribution in [3.05, 3.63) is 54.6 Å². The molecule has 0 aliphatic rings. The maximum Gasteiger partial charge on any atom is 0.264 e. The number of carbonyl (C=O) groups is 1. The average molecular weight is 379 g/mol. The molecular formula is C13H10BrCl2NOS. The van der Waals surface area contributed by atoms with Crippen LogP contribution in [0.4, 0.5) is 0 Å². The molecule has 0 fully saturated rings. The SMILES string of the molecule is CN(Cc1cc(Cl)cc(Cl)c1)C(=O)c1ccc(Br)s1. The van der Waals surface area contributed by atoms with E-state index in [2.05, 4.69) is 15.9 Å². The first-order valence-electron chi connectivity index (χ1n) is 5.41. The second-order valence-electron chi connectivity index (χ2n) is 4.04. The third-order valence-electron chi connectivity index (χ3n) is 2.47. The summed E-state index contributed by atoms with van der Waals surface area (Å²) in [5.41, 5.74) is 0.906. The fraction of sp³-hybridized carbons (Fsp3) is 0.154. The minimum Gasteiger partial charge on any atom is -0.337 e. The lowest BCUT2D eigenvalue weighted by molar-refractivity contribution is 0.0790. The second-order valence-corrected chi connectivity index (χ2v) is 7.38. The molecule has 0 saturated carbocycles. The fourth-order valence-electron chi connectivity index (χ4n) is 1.67. The van der Waals surface area contributed by atoms with E-state index in [1.807, 2.05) is 18.2 Å². The molecule has 0 unspecified atom stereocenters. The van der Waals surface area contributed by atoms with Gasteiger partial charge in [0.2, 0.25) is 0 Å². The number of amides is 1. The molecule has 1 aromatic heterocycles. The van der Waals surface area contributed by atoms with Crippen molar-refractivity contribution in [1.82, 2.24) is 4.90 Å². The minimum absolute atomic E-state index is 0.0215. The minimum atomic E-state index is -0.0215. The molecule has 19 heavy (non-hydrogen) atoms. The van der Waals surface area contributed by atoms with Crippen molar-refractivity contribution in [3.8, 4) is 0 Å². The Kier molecular flexibility index (Phi) is 4.90. The van der Waals surface area contributed by atoms with Crippen molar-refractivity contribution < 1.29 is 4.79 Å².